The predicted molar refractivity (Wildman–Crippen MR) is 75.6 cm³/mol. The van der Waals surface area contributed by atoms with E-state index in [0.29, 0.717) is 13.1 Å². The Morgan fingerprint density at radius 1 is 1.42 bits per heavy atom. The van der Waals surface area contributed by atoms with Crippen LogP contribution in [0.3, 0.4) is 0 Å². The number of hydrogen-bond donors (Lipinski definition) is 1. The first-order valence-corrected chi connectivity index (χ1v) is 6.44. The van der Waals surface area contributed by atoms with Gasteiger partial charge in [-0.1, -0.05) is 6.07 Å². The van der Waals surface area contributed by atoms with E-state index in [-0.39, 0.29) is 11.9 Å². The summed E-state index contributed by atoms with van der Waals surface area (Å²) >= 11 is 0. The lowest BCUT2D eigenvalue weighted by Crippen LogP contribution is -2.58. The molecule has 0 spiro atoms. The van der Waals surface area contributed by atoms with Crippen LogP contribution in [0.5, 0.6) is 5.75 Å². The third-order valence-electron chi connectivity index (χ3n) is 3.61. The summed E-state index contributed by atoms with van der Waals surface area (Å²) in [5, 5.41) is 0. The molecule has 1 unspecified atom stereocenters. The highest BCUT2D eigenvalue weighted by molar-refractivity contribution is 5.99. The summed E-state index contributed by atoms with van der Waals surface area (Å²) in [5.41, 5.74) is 7.64. The molecule has 0 bridgehead atoms. The molecule has 5 heteroatoms. The number of nitrogens with zero attached hydrogens (tertiary/aromatic N) is 2. The van der Waals surface area contributed by atoms with E-state index in [2.05, 4.69) is 0 Å². The van der Waals surface area contributed by atoms with Gasteiger partial charge >= 0.3 is 0 Å². The number of nitrogens with two attached hydrogens (primary N) is 1. The predicted octanol–water partition coefficient (Wildman–Crippen LogP) is 0.609. The number of aryl methyl sites for hydroxylation is 1. The standard InChI is InChI=1S/C14H21N3O2/c1-10-4-5-13(19-3)11(8-10)17-7-6-16(2)12(9-15)14(17)18/h4-5,8,12H,6-7,9,15H2,1-3H3. The topological polar surface area (TPSA) is 58.8 Å². The molecule has 1 fully saturated rings. The van der Waals surface area contributed by atoms with Gasteiger partial charge < -0.3 is 15.4 Å². The van der Waals surface area contributed by atoms with Crippen LogP contribution in [0.15, 0.2) is 18.2 Å². The van der Waals surface area contributed by atoms with Gasteiger partial charge in [-0.05, 0) is 31.7 Å². The van der Waals surface area contributed by atoms with Crippen LogP contribution in [0.4, 0.5) is 5.69 Å². The Morgan fingerprint density at radius 3 is 2.79 bits per heavy atom. The lowest BCUT2D eigenvalue weighted by Gasteiger charge is -2.38. The minimum atomic E-state index is -0.251. The Morgan fingerprint density at radius 2 is 2.16 bits per heavy atom. The van der Waals surface area contributed by atoms with Crippen LogP contribution in [-0.2, 0) is 4.79 Å². The number of piperazine rings is 1. The van der Waals surface area contributed by atoms with Crippen molar-refractivity contribution in [1.29, 1.82) is 0 Å². The zero-order valence-corrected chi connectivity index (χ0v) is 11.7. The van der Waals surface area contributed by atoms with Crippen molar-refractivity contribution in [3.05, 3.63) is 23.8 Å². The molecular weight excluding hydrogens is 242 g/mol. The second-order valence-corrected chi connectivity index (χ2v) is 4.90. The molecule has 19 heavy (non-hydrogen) atoms. The van der Waals surface area contributed by atoms with E-state index in [1.54, 1.807) is 12.0 Å². The number of carbonyl (C=O) groups is 1. The van der Waals surface area contributed by atoms with Crippen LogP contribution in [0.1, 0.15) is 5.56 Å². The summed E-state index contributed by atoms with van der Waals surface area (Å²) in [4.78, 5) is 16.3. The highest BCUT2D eigenvalue weighted by Gasteiger charge is 2.33. The summed E-state index contributed by atoms with van der Waals surface area (Å²) in [6.45, 7) is 3.81. The van der Waals surface area contributed by atoms with Crippen molar-refractivity contribution in [2.75, 3.05) is 38.7 Å². The Labute approximate surface area is 113 Å². The molecule has 1 atom stereocenters. The van der Waals surface area contributed by atoms with Crippen molar-refractivity contribution in [1.82, 2.24) is 4.90 Å². The molecule has 5 nitrogen and oxygen atoms in total. The van der Waals surface area contributed by atoms with Gasteiger partial charge in [-0.2, -0.15) is 0 Å². The van der Waals surface area contributed by atoms with E-state index in [0.717, 1.165) is 23.5 Å². The van der Waals surface area contributed by atoms with Gasteiger partial charge in [0.1, 0.15) is 11.8 Å². The summed E-state index contributed by atoms with van der Waals surface area (Å²) < 4.78 is 5.36. The van der Waals surface area contributed by atoms with E-state index < -0.39 is 0 Å². The first-order valence-electron chi connectivity index (χ1n) is 6.44. The molecule has 1 heterocycles. The van der Waals surface area contributed by atoms with Gasteiger partial charge in [-0.3, -0.25) is 9.69 Å². The number of hydrogen-bond acceptors (Lipinski definition) is 4. The van der Waals surface area contributed by atoms with Crippen molar-refractivity contribution in [3.8, 4) is 5.75 Å². The Hall–Kier alpha value is -1.59. The van der Waals surface area contributed by atoms with Crippen LogP contribution < -0.4 is 15.4 Å². The number of likely N-dealkylation sites (N-methyl/N-ethyl adjacent to an activating group) is 1. The average Bonchev–Trinajstić information content (AvgIpc) is 2.39. The van der Waals surface area contributed by atoms with E-state index in [4.69, 9.17) is 10.5 Å². The number of benzene rings is 1. The van der Waals surface area contributed by atoms with Gasteiger partial charge in [0, 0.05) is 19.6 Å². The number of amides is 1. The van der Waals surface area contributed by atoms with Crippen molar-refractivity contribution in [2.45, 2.75) is 13.0 Å². The van der Waals surface area contributed by atoms with Gasteiger partial charge in [-0.15, -0.1) is 0 Å². The summed E-state index contributed by atoms with van der Waals surface area (Å²) in [7, 11) is 3.55. The quantitative estimate of drug-likeness (QED) is 0.868. The Balaban J connectivity index is 2.36. The van der Waals surface area contributed by atoms with Gasteiger partial charge in [0.05, 0.1) is 12.8 Å². The molecule has 0 aromatic heterocycles. The largest absolute Gasteiger partial charge is 0.495 e. The maximum absolute atomic E-state index is 12.5. The first-order chi connectivity index (χ1) is 9.08. The van der Waals surface area contributed by atoms with Gasteiger partial charge in [0.15, 0.2) is 0 Å². The van der Waals surface area contributed by atoms with Crippen molar-refractivity contribution >= 4 is 11.6 Å². The second kappa shape index (κ2) is 5.59. The molecule has 0 radical (unpaired) electrons. The van der Waals surface area contributed by atoms with Crippen LogP contribution in [0.25, 0.3) is 0 Å². The van der Waals surface area contributed by atoms with E-state index >= 15 is 0 Å². The zero-order valence-electron chi connectivity index (χ0n) is 11.7. The monoisotopic (exact) mass is 263 g/mol. The smallest absolute Gasteiger partial charge is 0.245 e. The molecule has 1 aromatic rings. The first kappa shape index (κ1) is 13.8. The number of rotatable bonds is 3. The highest BCUT2D eigenvalue weighted by Crippen LogP contribution is 2.31. The highest BCUT2D eigenvalue weighted by atomic mass is 16.5. The Bertz CT molecular complexity index is 476. The molecule has 2 N–H and O–H groups in total. The summed E-state index contributed by atoms with van der Waals surface area (Å²) in [6, 6.07) is 5.60. The molecule has 1 saturated heterocycles. The molecule has 104 valence electrons. The van der Waals surface area contributed by atoms with E-state index in [1.807, 2.05) is 37.1 Å². The van der Waals surface area contributed by atoms with Crippen molar-refractivity contribution in [2.24, 2.45) is 5.73 Å². The maximum atomic E-state index is 12.5. The summed E-state index contributed by atoms with van der Waals surface area (Å²) in [6.07, 6.45) is 0. The SMILES string of the molecule is COc1ccc(C)cc1N1CCN(C)C(CN)C1=O. The second-order valence-electron chi connectivity index (χ2n) is 4.90. The normalized spacial score (nSPS) is 20.7. The lowest BCUT2D eigenvalue weighted by molar-refractivity contribution is -0.124. The van der Waals surface area contributed by atoms with Crippen LogP contribution >= 0.6 is 0 Å². The average molecular weight is 263 g/mol. The fourth-order valence-corrected chi connectivity index (χ4v) is 2.42. The maximum Gasteiger partial charge on any atom is 0.245 e. The molecule has 1 aromatic carbocycles. The lowest BCUT2D eigenvalue weighted by atomic mass is 10.1. The van der Waals surface area contributed by atoms with Crippen molar-refractivity contribution in [3.63, 3.8) is 0 Å². The molecular formula is C14H21N3O2. The molecule has 1 aliphatic rings. The fourth-order valence-electron chi connectivity index (χ4n) is 2.42. The Kier molecular flexibility index (Phi) is 4.07. The van der Waals surface area contributed by atoms with Crippen LogP contribution in [0.2, 0.25) is 0 Å². The van der Waals surface area contributed by atoms with Crippen LogP contribution in [0, 0.1) is 6.92 Å². The minimum absolute atomic E-state index is 0.0418. The summed E-state index contributed by atoms with van der Waals surface area (Å²) in [5.74, 6) is 0.763. The fraction of sp³-hybridized carbons (Fsp3) is 0.500. The number of ether oxygens (including phenoxy) is 1. The van der Waals surface area contributed by atoms with Crippen LogP contribution in [-0.4, -0.2) is 50.6 Å². The third kappa shape index (κ3) is 2.57. The molecule has 2 rings (SSSR count). The van der Waals surface area contributed by atoms with Gasteiger partial charge in [0.25, 0.3) is 0 Å². The van der Waals surface area contributed by atoms with Crippen molar-refractivity contribution < 1.29 is 9.53 Å². The molecule has 0 saturated carbocycles. The number of methoxy groups -OCH3 is 1. The zero-order chi connectivity index (χ0) is 14.0. The minimum Gasteiger partial charge on any atom is -0.495 e. The molecule has 1 aliphatic heterocycles. The van der Waals surface area contributed by atoms with E-state index in [1.165, 1.54) is 0 Å². The van der Waals surface area contributed by atoms with Gasteiger partial charge in [0.2, 0.25) is 5.91 Å². The third-order valence-corrected chi connectivity index (χ3v) is 3.61. The number of anilines is 1. The molecule has 0 aliphatic carbocycles. The van der Waals surface area contributed by atoms with Gasteiger partial charge in [-0.25, -0.2) is 0 Å². The molecule has 1 amide bonds. The van der Waals surface area contributed by atoms with E-state index in [9.17, 15) is 4.79 Å². The number of carbonyl (C=O) groups excluding carboxylic acids is 1.